The lowest BCUT2D eigenvalue weighted by molar-refractivity contribution is 0.0702. The molecule has 1 aliphatic heterocycles. The van der Waals surface area contributed by atoms with Gasteiger partial charge in [0.25, 0.3) is 5.91 Å². The molecular weight excluding hydrogens is 346 g/mol. The second kappa shape index (κ2) is 8.43. The third kappa shape index (κ3) is 4.24. The quantitative estimate of drug-likeness (QED) is 0.730. The van der Waals surface area contributed by atoms with E-state index >= 15 is 0 Å². The molecule has 1 unspecified atom stereocenters. The van der Waals surface area contributed by atoms with Crippen LogP contribution >= 0.6 is 0 Å². The van der Waals surface area contributed by atoms with Crippen molar-refractivity contribution >= 4 is 5.91 Å². The number of carbonyl (C=O) groups excluding carboxylic acids is 1. The highest BCUT2D eigenvalue weighted by Gasteiger charge is 2.29. The molecule has 0 spiro atoms. The van der Waals surface area contributed by atoms with E-state index in [1.54, 1.807) is 9.25 Å². The molecule has 3 rings (SSSR count). The van der Waals surface area contributed by atoms with Gasteiger partial charge in [-0.05, 0) is 33.9 Å². The number of carbonyl (C=O) groups is 1. The van der Waals surface area contributed by atoms with Crippen molar-refractivity contribution < 1.29 is 4.79 Å². The SMILES string of the molecule is CCn1c(C2CCCN(C(=O)c3cncnc3)C2)nn(CCN(C)C)c1=O. The van der Waals surface area contributed by atoms with Crippen molar-refractivity contribution in [2.75, 3.05) is 33.7 Å². The zero-order chi connectivity index (χ0) is 19.4. The summed E-state index contributed by atoms with van der Waals surface area (Å²) < 4.78 is 3.28. The molecule has 3 heterocycles. The minimum absolute atomic E-state index is 0.0561. The molecule has 2 aromatic heterocycles. The van der Waals surface area contributed by atoms with Gasteiger partial charge in [0, 0.05) is 44.5 Å². The molecule has 1 aliphatic rings. The van der Waals surface area contributed by atoms with Gasteiger partial charge in [-0.25, -0.2) is 19.4 Å². The topological polar surface area (TPSA) is 89.2 Å². The van der Waals surface area contributed by atoms with Crippen molar-refractivity contribution in [3.05, 3.63) is 40.6 Å². The van der Waals surface area contributed by atoms with E-state index in [0.717, 1.165) is 25.2 Å². The van der Waals surface area contributed by atoms with E-state index in [-0.39, 0.29) is 17.5 Å². The Balaban J connectivity index is 1.80. The lowest BCUT2D eigenvalue weighted by Gasteiger charge is -2.32. The summed E-state index contributed by atoms with van der Waals surface area (Å²) in [6.07, 6.45) is 6.29. The fourth-order valence-electron chi connectivity index (χ4n) is 3.46. The standard InChI is InChI=1S/C18H27N7O2/c1-4-24-16(21-25(18(24)27)9-8-22(2)3)14-6-5-7-23(12-14)17(26)15-10-19-13-20-11-15/h10-11,13-14H,4-9,12H2,1-3H3. The molecule has 0 radical (unpaired) electrons. The average Bonchev–Trinajstić information content (AvgIpc) is 3.02. The van der Waals surface area contributed by atoms with Gasteiger partial charge in [-0.3, -0.25) is 9.36 Å². The van der Waals surface area contributed by atoms with Crippen LogP contribution in [0.1, 0.15) is 41.9 Å². The van der Waals surface area contributed by atoms with E-state index in [1.807, 2.05) is 30.8 Å². The van der Waals surface area contributed by atoms with Crippen molar-refractivity contribution in [3.63, 3.8) is 0 Å². The zero-order valence-corrected chi connectivity index (χ0v) is 16.2. The molecule has 1 amide bonds. The lowest BCUT2D eigenvalue weighted by Crippen LogP contribution is -2.40. The van der Waals surface area contributed by atoms with Crippen molar-refractivity contribution in [1.29, 1.82) is 0 Å². The fourth-order valence-corrected chi connectivity index (χ4v) is 3.46. The minimum atomic E-state index is -0.0748. The van der Waals surface area contributed by atoms with Gasteiger partial charge in [0.15, 0.2) is 0 Å². The highest BCUT2D eigenvalue weighted by molar-refractivity contribution is 5.93. The summed E-state index contributed by atoms with van der Waals surface area (Å²) in [5.41, 5.74) is 0.414. The molecule has 0 N–H and O–H groups in total. The van der Waals surface area contributed by atoms with Crippen LogP contribution in [-0.2, 0) is 13.1 Å². The van der Waals surface area contributed by atoms with Gasteiger partial charge < -0.3 is 9.80 Å². The van der Waals surface area contributed by atoms with Gasteiger partial charge in [-0.1, -0.05) is 0 Å². The predicted molar refractivity (Wildman–Crippen MR) is 101 cm³/mol. The largest absolute Gasteiger partial charge is 0.345 e. The fraction of sp³-hybridized carbons (Fsp3) is 0.611. The minimum Gasteiger partial charge on any atom is -0.338 e. The first-order valence-electron chi connectivity index (χ1n) is 9.37. The van der Waals surface area contributed by atoms with Crippen molar-refractivity contribution in [2.45, 2.75) is 38.8 Å². The first-order valence-corrected chi connectivity index (χ1v) is 9.37. The average molecular weight is 373 g/mol. The molecule has 0 aliphatic carbocycles. The van der Waals surface area contributed by atoms with Crippen LogP contribution in [0.3, 0.4) is 0 Å². The Labute approximate surface area is 158 Å². The summed E-state index contributed by atoms with van der Waals surface area (Å²) in [5, 5.41) is 4.62. The number of amides is 1. The number of likely N-dealkylation sites (N-methyl/N-ethyl adjacent to an activating group) is 1. The van der Waals surface area contributed by atoms with Gasteiger partial charge in [0.05, 0.1) is 12.1 Å². The molecule has 146 valence electrons. The molecule has 0 saturated carbocycles. The van der Waals surface area contributed by atoms with E-state index in [0.29, 0.717) is 31.7 Å². The van der Waals surface area contributed by atoms with E-state index in [9.17, 15) is 9.59 Å². The first-order chi connectivity index (χ1) is 13.0. The normalized spacial score (nSPS) is 17.5. The maximum absolute atomic E-state index is 12.7. The van der Waals surface area contributed by atoms with Crippen LogP contribution in [-0.4, -0.2) is 73.8 Å². The summed E-state index contributed by atoms with van der Waals surface area (Å²) in [5.74, 6) is 0.765. The molecule has 1 atom stereocenters. The number of aromatic nitrogens is 5. The third-order valence-corrected chi connectivity index (χ3v) is 4.91. The van der Waals surface area contributed by atoms with Gasteiger partial charge in [-0.2, -0.15) is 5.10 Å². The van der Waals surface area contributed by atoms with Crippen LogP contribution in [0.15, 0.2) is 23.5 Å². The van der Waals surface area contributed by atoms with E-state index in [2.05, 4.69) is 15.1 Å². The Hall–Kier alpha value is -2.55. The Morgan fingerprint density at radius 1 is 1.30 bits per heavy atom. The first kappa shape index (κ1) is 19.2. The molecule has 9 heteroatoms. The number of hydrogen-bond acceptors (Lipinski definition) is 6. The molecule has 0 aromatic carbocycles. The number of piperidine rings is 1. The Morgan fingerprint density at radius 2 is 2.04 bits per heavy atom. The summed E-state index contributed by atoms with van der Waals surface area (Å²) in [7, 11) is 3.95. The zero-order valence-electron chi connectivity index (χ0n) is 16.2. The molecule has 1 saturated heterocycles. The number of hydrogen-bond donors (Lipinski definition) is 0. The number of likely N-dealkylation sites (tertiary alicyclic amines) is 1. The molecule has 2 aromatic rings. The van der Waals surface area contributed by atoms with Crippen LogP contribution in [0.2, 0.25) is 0 Å². The van der Waals surface area contributed by atoms with E-state index in [4.69, 9.17) is 0 Å². The monoisotopic (exact) mass is 373 g/mol. The summed E-state index contributed by atoms with van der Waals surface area (Å²) in [4.78, 5) is 37.1. The molecule has 0 bridgehead atoms. The maximum atomic E-state index is 12.7. The van der Waals surface area contributed by atoms with Gasteiger partial charge in [0.2, 0.25) is 0 Å². The van der Waals surface area contributed by atoms with Gasteiger partial charge >= 0.3 is 5.69 Å². The Morgan fingerprint density at radius 3 is 2.70 bits per heavy atom. The summed E-state index contributed by atoms with van der Waals surface area (Å²) in [6.45, 7) is 5.09. The Kier molecular flexibility index (Phi) is 6.00. The molecule has 1 fully saturated rings. The second-order valence-corrected chi connectivity index (χ2v) is 7.13. The molecular formula is C18H27N7O2. The van der Waals surface area contributed by atoms with E-state index < -0.39 is 0 Å². The maximum Gasteiger partial charge on any atom is 0.345 e. The number of nitrogens with zero attached hydrogens (tertiary/aromatic N) is 7. The third-order valence-electron chi connectivity index (χ3n) is 4.91. The van der Waals surface area contributed by atoms with Crippen LogP contribution in [0.25, 0.3) is 0 Å². The van der Waals surface area contributed by atoms with Crippen LogP contribution in [0, 0.1) is 0 Å². The lowest BCUT2D eigenvalue weighted by atomic mass is 9.96. The van der Waals surface area contributed by atoms with Gasteiger partial charge in [0.1, 0.15) is 12.2 Å². The Bertz CT molecular complexity index is 828. The highest BCUT2D eigenvalue weighted by Crippen LogP contribution is 2.26. The van der Waals surface area contributed by atoms with Gasteiger partial charge in [-0.15, -0.1) is 0 Å². The van der Waals surface area contributed by atoms with Crippen molar-refractivity contribution in [2.24, 2.45) is 0 Å². The second-order valence-electron chi connectivity index (χ2n) is 7.13. The summed E-state index contributed by atoms with van der Waals surface area (Å²) >= 11 is 0. The van der Waals surface area contributed by atoms with E-state index in [1.165, 1.54) is 18.7 Å². The number of rotatable bonds is 6. The van der Waals surface area contributed by atoms with Crippen LogP contribution < -0.4 is 5.69 Å². The summed E-state index contributed by atoms with van der Waals surface area (Å²) in [6, 6.07) is 0. The van der Waals surface area contributed by atoms with Crippen molar-refractivity contribution in [3.8, 4) is 0 Å². The van der Waals surface area contributed by atoms with Crippen molar-refractivity contribution in [1.82, 2.24) is 34.1 Å². The predicted octanol–water partition coefficient (Wildman–Crippen LogP) is 0.436. The van der Waals surface area contributed by atoms with Crippen LogP contribution in [0.5, 0.6) is 0 Å². The highest BCUT2D eigenvalue weighted by atomic mass is 16.2. The smallest absolute Gasteiger partial charge is 0.338 e. The van der Waals surface area contributed by atoms with Crippen LogP contribution in [0.4, 0.5) is 0 Å². The molecule has 27 heavy (non-hydrogen) atoms. The molecule has 9 nitrogen and oxygen atoms in total.